The number of hydrogen-bond acceptors (Lipinski definition) is 6. The van der Waals surface area contributed by atoms with Crippen LogP contribution in [0.15, 0.2) is 53.4 Å². The van der Waals surface area contributed by atoms with Gasteiger partial charge in [-0.05, 0) is 62.6 Å². The summed E-state index contributed by atoms with van der Waals surface area (Å²) in [5, 5.41) is 11.6. The molecule has 0 aromatic heterocycles. The minimum atomic E-state index is -0.900. The summed E-state index contributed by atoms with van der Waals surface area (Å²) in [6, 6.07) is 13.7. The number of carboxylic acids is 1. The van der Waals surface area contributed by atoms with Crippen LogP contribution in [0.1, 0.15) is 46.9 Å². The molecule has 1 unspecified atom stereocenters. The van der Waals surface area contributed by atoms with E-state index >= 15 is 0 Å². The average molecular weight is 495 g/mol. The van der Waals surface area contributed by atoms with Crippen LogP contribution in [0.2, 0.25) is 0 Å². The third-order valence-electron chi connectivity index (χ3n) is 5.26. The maximum atomic E-state index is 12.3. The van der Waals surface area contributed by atoms with Crippen molar-refractivity contribution < 1.29 is 29.0 Å². The van der Waals surface area contributed by atoms with Gasteiger partial charge in [0.1, 0.15) is 24.2 Å². The van der Waals surface area contributed by atoms with E-state index in [2.05, 4.69) is 17.2 Å². The molecule has 3 amide bonds. The fraction of sp³-hybridized carbons (Fsp3) is 0.308. The number of benzene rings is 2. The van der Waals surface area contributed by atoms with E-state index in [1.165, 1.54) is 11.8 Å². The number of amides is 3. The summed E-state index contributed by atoms with van der Waals surface area (Å²) in [6.45, 7) is 2.02. The quantitative estimate of drug-likeness (QED) is 0.202. The zero-order valence-electron chi connectivity index (χ0n) is 19.3. The van der Waals surface area contributed by atoms with Crippen LogP contribution in [0.25, 0.3) is 0 Å². The molecule has 0 bridgehead atoms. The van der Waals surface area contributed by atoms with Gasteiger partial charge >= 0.3 is 5.97 Å². The Morgan fingerprint density at radius 1 is 1.06 bits per heavy atom. The molecule has 0 saturated heterocycles. The summed E-state index contributed by atoms with van der Waals surface area (Å²) in [7, 11) is 0. The van der Waals surface area contributed by atoms with Crippen molar-refractivity contribution in [1.29, 1.82) is 0 Å². The van der Waals surface area contributed by atoms with Gasteiger partial charge in [-0.2, -0.15) is 0 Å². The highest BCUT2D eigenvalue weighted by Gasteiger charge is 2.36. The Labute approximate surface area is 208 Å². The molecular formula is C26H26N2O6S. The summed E-state index contributed by atoms with van der Waals surface area (Å²) in [4.78, 5) is 50.3. The van der Waals surface area contributed by atoms with Crippen LogP contribution in [-0.2, 0) is 9.59 Å². The monoisotopic (exact) mass is 494 g/mol. The molecule has 2 aromatic carbocycles. The molecule has 1 aliphatic heterocycles. The van der Waals surface area contributed by atoms with Gasteiger partial charge in [0.05, 0.1) is 11.1 Å². The average Bonchev–Trinajstić information content (AvgIpc) is 3.09. The fourth-order valence-electron chi connectivity index (χ4n) is 3.47. The molecule has 0 saturated carbocycles. The van der Waals surface area contributed by atoms with E-state index in [-0.39, 0.29) is 6.54 Å². The van der Waals surface area contributed by atoms with E-state index in [9.17, 15) is 24.3 Å². The molecule has 3 rings (SSSR count). The van der Waals surface area contributed by atoms with Gasteiger partial charge in [0.25, 0.3) is 11.8 Å². The molecule has 0 radical (unpaired) electrons. The zero-order chi connectivity index (χ0) is 25.2. The number of unbranched alkanes of at least 4 members (excludes halogenated alkanes) is 1. The lowest BCUT2D eigenvalue weighted by Gasteiger charge is -2.14. The van der Waals surface area contributed by atoms with Crippen molar-refractivity contribution in [1.82, 2.24) is 10.2 Å². The fourth-order valence-corrected chi connectivity index (χ4v) is 4.47. The van der Waals surface area contributed by atoms with Crippen molar-refractivity contribution in [3.8, 4) is 17.6 Å². The number of fused-ring (bicyclic) bond motifs is 1. The first-order valence-corrected chi connectivity index (χ1v) is 12.0. The number of thioether (sulfide) groups is 1. The Balaban J connectivity index is 1.38. The number of rotatable bonds is 12. The van der Waals surface area contributed by atoms with E-state index in [1.807, 2.05) is 12.1 Å². The number of imide groups is 1. The van der Waals surface area contributed by atoms with Crippen molar-refractivity contribution in [3.63, 3.8) is 0 Å². The second kappa shape index (κ2) is 12.6. The number of aliphatic carboxylic acids is 1. The standard InChI is InChI=1S/C26H26N2O6S/c1-2-3-16-34-18-11-13-19(14-12-18)35-22(26(32)33)10-6-7-15-27-23(29)17-28-24(30)20-8-4-5-9-21(20)25(28)31/h4-5,8-9,11-14,22H,6-7,10,15-17H2,1H3,(H,27,29)(H,32,33). The van der Waals surface area contributed by atoms with Gasteiger partial charge in [0.2, 0.25) is 5.91 Å². The lowest BCUT2D eigenvalue weighted by molar-refractivity contribution is -0.136. The number of carboxylic acid groups (broad SMARTS) is 1. The molecule has 1 atom stereocenters. The predicted octanol–water partition coefficient (Wildman–Crippen LogP) is 3.22. The van der Waals surface area contributed by atoms with E-state index < -0.39 is 28.9 Å². The SMILES string of the molecule is CC#CCOc1ccc(SC(CCCCNC(=O)CN2C(=O)c3ccccc3C2=O)C(=O)O)cc1. The summed E-state index contributed by atoms with van der Waals surface area (Å²) in [5.74, 6) is 3.94. The minimum absolute atomic E-state index is 0.301. The summed E-state index contributed by atoms with van der Waals surface area (Å²) < 4.78 is 5.46. The van der Waals surface area contributed by atoms with Gasteiger partial charge in [-0.25, -0.2) is 0 Å². The zero-order valence-corrected chi connectivity index (χ0v) is 20.1. The van der Waals surface area contributed by atoms with Crippen LogP contribution in [0.4, 0.5) is 0 Å². The molecule has 182 valence electrons. The van der Waals surface area contributed by atoms with Crippen molar-refractivity contribution >= 4 is 35.5 Å². The highest BCUT2D eigenvalue weighted by Crippen LogP contribution is 2.28. The van der Waals surface area contributed by atoms with E-state index in [4.69, 9.17) is 4.74 Å². The number of ether oxygens (including phenoxy) is 1. The number of nitrogens with one attached hydrogen (secondary N) is 1. The Bertz CT molecular complexity index is 1120. The Kier molecular flexibility index (Phi) is 9.32. The molecule has 1 heterocycles. The molecule has 9 heteroatoms. The first-order chi connectivity index (χ1) is 16.9. The largest absolute Gasteiger partial charge is 0.481 e. The molecule has 0 spiro atoms. The van der Waals surface area contributed by atoms with E-state index in [1.54, 1.807) is 43.3 Å². The van der Waals surface area contributed by atoms with Crippen LogP contribution in [0, 0.1) is 11.8 Å². The topological polar surface area (TPSA) is 113 Å². The highest BCUT2D eigenvalue weighted by molar-refractivity contribution is 8.00. The maximum Gasteiger partial charge on any atom is 0.316 e. The van der Waals surface area contributed by atoms with Crippen LogP contribution >= 0.6 is 11.8 Å². The first kappa shape index (κ1) is 25.8. The molecule has 0 aliphatic carbocycles. The molecule has 8 nitrogen and oxygen atoms in total. The molecular weight excluding hydrogens is 468 g/mol. The Morgan fingerprint density at radius 3 is 2.31 bits per heavy atom. The van der Waals surface area contributed by atoms with E-state index in [0.29, 0.717) is 49.3 Å². The van der Waals surface area contributed by atoms with Crippen molar-refractivity contribution in [2.45, 2.75) is 36.3 Å². The maximum absolute atomic E-state index is 12.3. The van der Waals surface area contributed by atoms with Crippen molar-refractivity contribution in [3.05, 3.63) is 59.7 Å². The van der Waals surface area contributed by atoms with Gasteiger partial charge in [-0.3, -0.25) is 24.1 Å². The van der Waals surface area contributed by atoms with Crippen LogP contribution < -0.4 is 10.1 Å². The van der Waals surface area contributed by atoms with Crippen LogP contribution in [-0.4, -0.2) is 58.6 Å². The van der Waals surface area contributed by atoms with Gasteiger partial charge in [-0.15, -0.1) is 17.7 Å². The van der Waals surface area contributed by atoms with Gasteiger partial charge in [0, 0.05) is 11.4 Å². The van der Waals surface area contributed by atoms with Crippen LogP contribution in [0.5, 0.6) is 5.75 Å². The molecule has 35 heavy (non-hydrogen) atoms. The van der Waals surface area contributed by atoms with Gasteiger partial charge < -0.3 is 15.2 Å². The van der Waals surface area contributed by atoms with Gasteiger partial charge in [-0.1, -0.05) is 18.1 Å². The van der Waals surface area contributed by atoms with Crippen molar-refractivity contribution in [2.24, 2.45) is 0 Å². The third-order valence-corrected chi connectivity index (χ3v) is 6.53. The number of hydrogen-bond donors (Lipinski definition) is 2. The summed E-state index contributed by atoms with van der Waals surface area (Å²) >= 11 is 1.26. The smallest absolute Gasteiger partial charge is 0.316 e. The Morgan fingerprint density at radius 2 is 1.71 bits per heavy atom. The lowest BCUT2D eigenvalue weighted by Crippen LogP contribution is -2.40. The molecule has 1 aliphatic rings. The normalized spacial score (nSPS) is 13.0. The third kappa shape index (κ3) is 7.11. The minimum Gasteiger partial charge on any atom is -0.481 e. The second-order valence-electron chi connectivity index (χ2n) is 7.72. The second-order valence-corrected chi connectivity index (χ2v) is 9.00. The van der Waals surface area contributed by atoms with Crippen molar-refractivity contribution in [2.75, 3.05) is 19.7 Å². The molecule has 2 N–H and O–H groups in total. The van der Waals surface area contributed by atoms with Crippen LogP contribution in [0.3, 0.4) is 0 Å². The predicted molar refractivity (Wildman–Crippen MR) is 131 cm³/mol. The van der Waals surface area contributed by atoms with Gasteiger partial charge in [0.15, 0.2) is 0 Å². The van der Waals surface area contributed by atoms with E-state index in [0.717, 1.165) is 9.80 Å². The Hall–Kier alpha value is -3.77. The highest BCUT2D eigenvalue weighted by atomic mass is 32.2. The molecule has 2 aromatic rings. The summed E-state index contributed by atoms with van der Waals surface area (Å²) in [6.07, 6.45) is 1.59. The number of carbonyl (C=O) groups is 4. The lowest BCUT2D eigenvalue weighted by atomic mass is 10.1. The molecule has 0 fully saturated rings. The number of nitrogens with zero attached hydrogens (tertiary/aromatic N) is 1. The first-order valence-electron chi connectivity index (χ1n) is 11.1. The number of carbonyl (C=O) groups excluding carboxylic acids is 3. The summed E-state index contributed by atoms with van der Waals surface area (Å²) in [5.41, 5.74) is 0.603.